The van der Waals surface area contributed by atoms with E-state index in [1.807, 2.05) is 0 Å². The van der Waals surface area contributed by atoms with Gasteiger partial charge >= 0.3 is 0 Å². The van der Waals surface area contributed by atoms with E-state index in [0.717, 1.165) is 6.42 Å². The molecule has 0 saturated heterocycles. The summed E-state index contributed by atoms with van der Waals surface area (Å²) in [5.41, 5.74) is 2.26. The summed E-state index contributed by atoms with van der Waals surface area (Å²) >= 11 is 0. The first-order chi connectivity index (χ1) is 10.9. The normalized spacial score (nSPS) is 13.6. The van der Waals surface area contributed by atoms with Crippen LogP contribution in [0.1, 0.15) is 45.2 Å². The fourth-order valence-electron chi connectivity index (χ4n) is 3.20. The van der Waals surface area contributed by atoms with Gasteiger partial charge in [0.25, 0.3) is 0 Å². The van der Waals surface area contributed by atoms with Gasteiger partial charge in [0.2, 0.25) is 0 Å². The Morgan fingerprint density at radius 1 is 0.913 bits per heavy atom. The molecule has 0 aliphatic rings. The van der Waals surface area contributed by atoms with Gasteiger partial charge in [0.1, 0.15) is 0 Å². The average molecular weight is 306 g/mol. The minimum absolute atomic E-state index is 0.264. The molecule has 23 heavy (non-hydrogen) atoms. The highest BCUT2D eigenvalue weighted by atomic mass is 16.5. The maximum Gasteiger partial charge on any atom is 0.0879 e. The van der Waals surface area contributed by atoms with E-state index in [2.05, 4.69) is 83.1 Å². The van der Waals surface area contributed by atoms with Gasteiger partial charge in [0.05, 0.1) is 11.7 Å². The lowest BCUT2D eigenvalue weighted by Gasteiger charge is -2.29. The van der Waals surface area contributed by atoms with Gasteiger partial charge in [-0.2, -0.15) is 0 Å². The molecule has 0 bridgehead atoms. The van der Waals surface area contributed by atoms with Crippen molar-refractivity contribution in [3.63, 3.8) is 0 Å². The van der Waals surface area contributed by atoms with Crippen LogP contribution in [0.15, 0.2) is 48.5 Å². The lowest BCUT2D eigenvalue weighted by molar-refractivity contribution is -0.0691. The fourth-order valence-corrected chi connectivity index (χ4v) is 3.20. The summed E-state index contributed by atoms with van der Waals surface area (Å²) in [5, 5.41) is 5.22. The molecule has 1 heteroatoms. The first-order valence-electron chi connectivity index (χ1n) is 8.52. The number of ether oxygens (including phenoxy) is 1. The smallest absolute Gasteiger partial charge is 0.0879 e. The van der Waals surface area contributed by atoms with E-state index in [-0.39, 0.29) is 11.7 Å². The Balaban J connectivity index is 2.11. The summed E-state index contributed by atoms with van der Waals surface area (Å²) in [6.07, 6.45) is 1.29. The van der Waals surface area contributed by atoms with E-state index in [1.54, 1.807) is 0 Å². The molecule has 0 heterocycles. The molecule has 0 fully saturated rings. The van der Waals surface area contributed by atoms with Crippen molar-refractivity contribution in [2.45, 2.75) is 52.7 Å². The Kier molecular flexibility index (Phi) is 4.16. The molecule has 120 valence electrons. The van der Waals surface area contributed by atoms with Crippen LogP contribution >= 0.6 is 0 Å². The first kappa shape index (κ1) is 16.0. The van der Waals surface area contributed by atoms with Gasteiger partial charge < -0.3 is 4.74 Å². The molecule has 3 aromatic rings. The number of rotatable bonds is 4. The molecule has 0 aliphatic heterocycles. The Hall–Kier alpha value is -1.86. The molecule has 1 atom stereocenters. The second-order valence-electron chi connectivity index (χ2n) is 7.07. The standard InChI is InChI=1S/C22H26O/c1-6-16(3)23-22(4,5)19-11-12-20-18(14-19)10-9-17-8-7-15(2)13-21(17)20/h7-14,16H,6H2,1-5H3. The molecule has 0 aromatic heterocycles. The van der Waals surface area contributed by atoms with Gasteiger partial charge in [-0.3, -0.25) is 0 Å². The van der Waals surface area contributed by atoms with Crippen LogP contribution in [0, 0.1) is 6.92 Å². The van der Waals surface area contributed by atoms with Crippen LogP contribution in [0.3, 0.4) is 0 Å². The van der Waals surface area contributed by atoms with Crippen molar-refractivity contribution >= 4 is 21.5 Å². The van der Waals surface area contributed by atoms with Crippen LogP contribution < -0.4 is 0 Å². The molecular formula is C22H26O. The SMILES string of the molecule is CCC(C)OC(C)(C)c1ccc2c(ccc3ccc(C)cc32)c1. The molecule has 1 nitrogen and oxygen atoms in total. The Labute approximate surface area is 139 Å². The average Bonchev–Trinajstić information content (AvgIpc) is 2.53. The van der Waals surface area contributed by atoms with E-state index in [1.165, 1.54) is 32.7 Å². The molecule has 0 spiro atoms. The molecule has 0 saturated carbocycles. The summed E-state index contributed by atoms with van der Waals surface area (Å²) < 4.78 is 6.23. The maximum atomic E-state index is 6.23. The van der Waals surface area contributed by atoms with Gasteiger partial charge in [-0.05, 0) is 67.3 Å². The van der Waals surface area contributed by atoms with Crippen molar-refractivity contribution < 1.29 is 4.74 Å². The van der Waals surface area contributed by atoms with Crippen molar-refractivity contribution in [1.82, 2.24) is 0 Å². The summed E-state index contributed by atoms with van der Waals surface area (Å²) in [5.74, 6) is 0. The van der Waals surface area contributed by atoms with E-state index < -0.39 is 0 Å². The molecule has 3 aromatic carbocycles. The van der Waals surface area contributed by atoms with Crippen LogP contribution in [0.25, 0.3) is 21.5 Å². The summed E-state index contributed by atoms with van der Waals surface area (Å²) in [7, 11) is 0. The Bertz CT molecular complexity index is 845. The van der Waals surface area contributed by atoms with Crippen LogP contribution in [0.5, 0.6) is 0 Å². The predicted molar refractivity (Wildman–Crippen MR) is 100 cm³/mol. The quantitative estimate of drug-likeness (QED) is 0.510. The van der Waals surface area contributed by atoms with E-state index in [4.69, 9.17) is 4.74 Å². The van der Waals surface area contributed by atoms with Gasteiger partial charge in [0, 0.05) is 0 Å². The zero-order valence-corrected chi connectivity index (χ0v) is 14.8. The summed E-state index contributed by atoms with van der Waals surface area (Å²) in [6, 6.07) is 17.8. The van der Waals surface area contributed by atoms with Crippen LogP contribution in [-0.2, 0) is 10.3 Å². The maximum absolute atomic E-state index is 6.23. The third kappa shape index (κ3) is 3.11. The van der Waals surface area contributed by atoms with E-state index >= 15 is 0 Å². The number of aryl methyl sites for hydroxylation is 1. The summed E-state index contributed by atoms with van der Waals surface area (Å²) in [6.45, 7) is 10.8. The van der Waals surface area contributed by atoms with Gasteiger partial charge in [-0.25, -0.2) is 0 Å². The predicted octanol–water partition coefficient (Wildman–Crippen LogP) is 6.35. The Morgan fingerprint density at radius 3 is 2.35 bits per heavy atom. The second kappa shape index (κ2) is 5.98. The molecule has 0 aliphatic carbocycles. The first-order valence-corrected chi connectivity index (χ1v) is 8.52. The number of hydrogen-bond acceptors (Lipinski definition) is 1. The molecule has 0 N–H and O–H groups in total. The van der Waals surface area contributed by atoms with Gasteiger partial charge in [-0.1, -0.05) is 55.0 Å². The lowest BCUT2D eigenvalue weighted by Crippen LogP contribution is -2.26. The van der Waals surface area contributed by atoms with Crippen molar-refractivity contribution in [2.24, 2.45) is 0 Å². The highest BCUT2D eigenvalue weighted by Crippen LogP contribution is 2.32. The number of hydrogen-bond donors (Lipinski definition) is 0. The number of benzene rings is 3. The van der Waals surface area contributed by atoms with Crippen LogP contribution in [-0.4, -0.2) is 6.10 Å². The van der Waals surface area contributed by atoms with Gasteiger partial charge in [-0.15, -0.1) is 0 Å². The molecule has 0 amide bonds. The van der Waals surface area contributed by atoms with Crippen LogP contribution in [0.4, 0.5) is 0 Å². The van der Waals surface area contributed by atoms with Gasteiger partial charge in [0.15, 0.2) is 0 Å². The van der Waals surface area contributed by atoms with E-state index in [0.29, 0.717) is 0 Å². The third-order valence-corrected chi connectivity index (χ3v) is 4.76. The zero-order valence-electron chi connectivity index (χ0n) is 14.8. The minimum atomic E-state index is -0.273. The highest BCUT2D eigenvalue weighted by molar-refractivity contribution is 6.07. The largest absolute Gasteiger partial charge is 0.368 e. The van der Waals surface area contributed by atoms with Crippen LogP contribution in [0.2, 0.25) is 0 Å². The minimum Gasteiger partial charge on any atom is -0.368 e. The van der Waals surface area contributed by atoms with Crippen molar-refractivity contribution in [3.05, 3.63) is 59.7 Å². The monoisotopic (exact) mass is 306 g/mol. The van der Waals surface area contributed by atoms with Crippen molar-refractivity contribution in [3.8, 4) is 0 Å². The highest BCUT2D eigenvalue weighted by Gasteiger charge is 2.23. The fraction of sp³-hybridized carbons (Fsp3) is 0.364. The Morgan fingerprint density at radius 2 is 1.61 bits per heavy atom. The lowest BCUT2D eigenvalue weighted by atomic mass is 9.92. The molecule has 1 unspecified atom stereocenters. The van der Waals surface area contributed by atoms with Crippen molar-refractivity contribution in [2.75, 3.05) is 0 Å². The third-order valence-electron chi connectivity index (χ3n) is 4.76. The molecule has 0 radical (unpaired) electrons. The number of fused-ring (bicyclic) bond motifs is 3. The molecule has 3 rings (SSSR count). The topological polar surface area (TPSA) is 9.23 Å². The van der Waals surface area contributed by atoms with Crippen molar-refractivity contribution in [1.29, 1.82) is 0 Å². The zero-order chi connectivity index (χ0) is 16.6. The summed E-state index contributed by atoms with van der Waals surface area (Å²) in [4.78, 5) is 0. The van der Waals surface area contributed by atoms with E-state index in [9.17, 15) is 0 Å². The molecular weight excluding hydrogens is 280 g/mol. The second-order valence-corrected chi connectivity index (χ2v) is 7.07.